The van der Waals surface area contributed by atoms with Gasteiger partial charge in [-0.05, 0) is 46.5 Å². The van der Waals surface area contributed by atoms with Gasteiger partial charge in [0.25, 0.3) is 0 Å². The van der Waals surface area contributed by atoms with Gasteiger partial charge in [-0.1, -0.05) is 34.5 Å². The van der Waals surface area contributed by atoms with Crippen LogP contribution in [0.5, 0.6) is 0 Å². The first-order chi connectivity index (χ1) is 8.87. The van der Waals surface area contributed by atoms with Gasteiger partial charge in [0.2, 0.25) is 10.0 Å². The number of alkyl halides is 1. The molecule has 0 radical (unpaired) electrons. The van der Waals surface area contributed by atoms with E-state index in [1.54, 1.807) is 22.5 Å². The van der Waals surface area contributed by atoms with E-state index in [0.29, 0.717) is 27.3 Å². The molecule has 106 valence electrons. The molecule has 0 spiro atoms. The van der Waals surface area contributed by atoms with E-state index in [1.165, 1.54) is 0 Å². The van der Waals surface area contributed by atoms with Crippen LogP contribution in [0.25, 0.3) is 0 Å². The van der Waals surface area contributed by atoms with Gasteiger partial charge in [-0.2, -0.15) is 4.31 Å². The number of hydrogen-bond donors (Lipinski definition) is 0. The average molecular weight is 432 g/mol. The first-order valence-electron chi connectivity index (χ1n) is 5.90. The lowest BCUT2D eigenvalue weighted by atomic mass is 10.1. The lowest BCUT2D eigenvalue weighted by Gasteiger charge is -2.24. The van der Waals surface area contributed by atoms with Crippen molar-refractivity contribution in [2.75, 3.05) is 11.9 Å². The fourth-order valence-electron chi connectivity index (χ4n) is 2.27. The highest BCUT2D eigenvalue weighted by Crippen LogP contribution is 2.33. The van der Waals surface area contributed by atoms with Crippen LogP contribution < -0.4 is 0 Å². The van der Waals surface area contributed by atoms with Crippen molar-refractivity contribution in [3.05, 3.63) is 27.7 Å². The molecule has 0 saturated carbocycles. The summed E-state index contributed by atoms with van der Waals surface area (Å²) in [6.45, 7) is 2.65. The Hall–Kier alpha value is 0.380. The van der Waals surface area contributed by atoms with Gasteiger partial charge in [0.15, 0.2) is 0 Å². The van der Waals surface area contributed by atoms with Crippen LogP contribution in [0.2, 0.25) is 5.02 Å². The summed E-state index contributed by atoms with van der Waals surface area (Å²) in [7, 11) is -3.46. The topological polar surface area (TPSA) is 37.4 Å². The zero-order valence-corrected chi connectivity index (χ0v) is 15.1. The van der Waals surface area contributed by atoms with Crippen LogP contribution in [0, 0.1) is 5.92 Å². The third-order valence-electron chi connectivity index (χ3n) is 3.49. The van der Waals surface area contributed by atoms with E-state index in [2.05, 4.69) is 38.8 Å². The Kier molecular flexibility index (Phi) is 4.99. The minimum atomic E-state index is -3.46. The molecule has 1 aliphatic heterocycles. The molecule has 0 amide bonds. The summed E-state index contributed by atoms with van der Waals surface area (Å²) in [4.78, 5) is 0.281. The first kappa shape index (κ1) is 15.8. The molecular formula is C12H14Br2ClNO2S. The Morgan fingerprint density at radius 2 is 2.16 bits per heavy atom. The number of benzene rings is 1. The molecule has 0 bridgehead atoms. The van der Waals surface area contributed by atoms with Gasteiger partial charge in [0, 0.05) is 22.4 Å². The second-order valence-electron chi connectivity index (χ2n) is 4.68. The summed E-state index contributed by atoms with van der Waals surface area (Å²) >= 11 is 12.6. The summed E-state index contributed by atoms with van der Waals surface area (Å²) in [5, 5.41) is 1.16. The first-order valence-corrected chi connectivity index (χ1v) is 9.64. The molecule has 7 heteroatoms. The van der Waals surface area contributed by atoms with E-state index in [9.17, 15) is 8.42 Å². The summed E-state index contributed by atoms with van der Waals surface area (Å²) in [6.07, 6.45) is 0.893. The second-order valence-corrected chi connectivity index (χ2v) is 8.48. The third kappa shape index (κ3) is 3.02. The van der Waals surface area contributed by atoms with Crippen LogP contribution >= 0.6 is 43.5 Å². The lowest BCUT2D eigenvalue weighted by Crippen LogP contribution is -2.38. The quantitative estimate of drug-likeness (QED) is 0.681. The predicted molar refractivity (Wildman–Crippen MR) is 84.4 cm³/mol. The van der Waals surface area contributed by atoms with Gasteiger partial charge in [-0.3, -0.25) is 0 Å². The van der Waals surface area contributed by atoms with Crippen LogP contribution in [0.15, 0.2) is 27.6 Å². The van der Waals surface area contributed by atoms with E-state index in [1.807, 2.05) is 0 Å². The van der Waals surface area contributed by atoms with Crippen molar-refractivity contribution in [1.82, 2.24) is 4.31 Å². The van der Waals surface area contributed by atoms with Crippen molar-refractivity contribution in [2.45, 2.75) is 24.3 Å². The SMILES string of the molecule is CC1CCN(S(=O)(=O)c2ccc(Cl)c(Br)c2)C1CBr. The van der Waals surface area contributed by atoms with Gasteiger partial charge < -0.3 is 0 Å². The average Bonchev–Trinajstić information content (AvgIpc) is 2.74. The molecule has 0 aliphatic carbocycles. The van der Waals surface area contributed by atoms with Crippen molar-refractivity contribution in [1.29, 1.82) is 0 Å². The largest absolute Gasteiger partial charge is 0.243 e. The summed E-state index contributed by atoms with van der Waals surface area (Å²) in [5.74, 6) is 0.366. The van der Waals surface area contributed by atoms with Gasteiger partial charge in [0.1, 0.15) is 0 Å². The van der Waals surface area contributed by atoms with Crippen molar-refractivity contribution in [2.24, 2.45) is 5.92 Å². The maximum atomic E-state index is 12.7. The Morgan fingerprint density at radius 3 is 2.74 bits per heavy atom. The van der Waals surface area contributed by atoms with Gasteiger partial charge in [-0.15, -0.1) is 0 Å². The standard InChI is InChI=1S/C12H14Br2ClNO2S/c1-8-4-5-16(12(8)7-13)19(17,18)9-2-3-11(15)10(14)6-9/h2-3,6,8,12H,4-5,7H2,1H3. The van der Waals surface area contributed by atoms with Gasteiger partial charge in [-0.25, -0.2) is 8.42 Å². The smallest absolute Gasteiger partial charge is 0.207 e. The number of halogens is 3. The molecule has 0 aromatic heterocycles. The van der Waals surface area contributed by atoms with Crippen LogP contribution in [0.3, 0.4) is 0 Å². The molecule has 1 saturated heterocycles. The minimum absolute atomic E-state index is 0.0134. The van der Waals surface area contributed by atoms with Crippen LogP contribution in [-0.2, 0) is 10.0 Å². The Morgan fingerprint density at radius 1 is 1.47 bits per heavy atom. The van der Waals surface area contributed by atoms with Gasteiger partial charge in [0.05, 0.1) is 9.92 Å². The molecule has 3 nitrogen and oxygen atoms in total. The van der Waals surface area contributed by atoms with Gasteiger partial charge >= 0.3 is 0 Å². The number of nitrogens with zero attached hydrogens (tertiary/aromatic N) is 1. The lowest BCUT2D eigenvalue weighted by molar-refractivity contribution is 0.378. The molecule has 1 aromatic rings. The van der Waals surface area contributed by atoms with Crippen molar-refractivity contribution >= 4 is 53.5 Å². The number of rotatable bonds is 3. The van der Waals surface area contributed by atoms with Crippen molar-refractivity contribution in [3.8, 4) is 0 Å². The molecule has 1 aliphatic rings. The highest BCUT2D eigenvalue weighted by Gasteiger charge is 2.38. The Bertz CT molecular complexity index is 579. The molecule has 2 rings (SSSR count). The van der Waals surface area contributed by atoms with E-state index in [0.717, 1.165) is 6.42 Å². The molecule has 1 fully saturated rings. The second kappa shape index (κ2) is 6.02. The monoisotopic (exact) mass is 429 g/mol. The molecular weight excluding hydrogens is 417 g/mol. The van der Waals surface area contributed by atoms with Crippen molar-refractivity contribution < 1.29 is 8.42 Å². The maximum absolute atomic E-state index is 12.7. The minimum Gasteiger partial charge on any atom is -0.207 e. The van der Waals surface area contributed by atoms with E-state index in [4.69, 9.17) is 11.6 Å². The zero-order valence-electron chi connectivity index (χ0n) is 10.3. The van der Waals surface area contributed by atoms with Crippen LogP contribution in [0.1, 0.15) is 13.3 Å². The molecule has 2 atom stereocenters. The highest BCUT2D eigenvalue weighted by molar-refractivity contribution is 9.10. The zero-order chi connectivity index (χ0) is 14.2. The van der Waals surface area contributed by atoms with E-state index < -0.39 is 10.0 Å². The highest BCUT2D eigenvalue weighted by atomic mass is 79.9. The Balaban J connectivity index is 2.39. The molecule has 1 heterocycles. The molecule has 1 aromatic carbocycles. The fraction of sp³-hybridized carbons (Fsp3) is 0.500. The molecule has 0 N–H and O–H groups in total. The van der Waals surface area contributed by atoms with Crippen LogP contribution in [-0.4, -0.2) is 30.6 Å². The molecule has 19 heavy (non-hydrogen) atoms. The van der Waals surface area contributed by atoms with E-state index in [-0.39, 0.29) is 10.9 Å². The number of hydrogen-bond acceptors (Lipinski definition) is 2. The molecule has 2 unspecified atom stereocenters. The fourth-order valence-corrected chi connectivity index (χ4v) is 5.86. The normalized spacial score (nSPS) is 24.8. The summed E-state index contributed by atoms with van der Waals surface area (Å²) in [6, 6.07) is 4.73. The van der Waals surface area contributed by atoms with E-state index >= 15 is 0 Å². The maximum Gasteiger partial charge on any atom is 0.243 e. The predicted octanol–water partition coefficient (Wildman–Crippen LogP) is 3.90. The summed E-state index contributed by atoms with van der Waals surface area (Å²) < 4.78 is 27.5. The number of sulfonamides is 1. The van der Waals surface area contributed by atoms with Crippen molar-refractivity contribution in [3.63, 3.8) is 0 Å². The summed E-state index contributed by atoms with van der Waals surface area (Å²) in [5.41, 5.74) is 0. The Labute approximate surface area is 135 Å². The van der Waals surface area contributed by atoms with Crippen LogP contribution in [0.4, 0.5) is 0 Å². The third-order valence-corrected chi connectivity index (χ3v) is 7.29.